The third-order valence-corrected chi connectivity index (χ3v) is 4.78. The van der Waals surface area contributed by atoms with E-state index >= 15 is 0 Å². The van der Waals surface area contributed by atoms with Gasteiger partial charge in [0.25, 0.3) is 11.6 Å². The normalized spacial score (nSPS) is 14.1. The Labute approximate surface area is 161 Å². The van der Waals surface area contributed by atoms with Crippen LogP contribution in [0.5, 0.6) is 0 Å². The van der Waals surface area contributed by atoms with Crippen molar-refractivity contribution < 1.29 is 14.2 Å². The molecule has 4 rings (SSSR count). The van der Waals surface area contributed by atoms with E-state index in [9.17, 15) is 14.9 Å². The van der Waals surface area contributed by atoms with Crippen LogP contribution < -0.4 is 4.90 Å². The second kappa shape index (κ2) is 7.51. The van der Waals surface area contributed by atoms with Crippen LogP contribution in [0.25, 0.3) is 11.3 Å². The molecule has 1 aliphatic heterocycles. The largest absolute Gasteiger partial charge is 0.368 e. The lowest BCUT2D eigenvalue weighted by molar-refractivity contribution is -0.384. The fraction of sp³-hybridized carbons (Fsp3) is 0.200. The molecule has 0 bridgehead atoms. The molecular formula is C20H18N4O4. The van der Waals surface area contributed by atoms with E-state index in [2.05, 4.69) is 10.1 Å². The van der Waals surface area contributed by atoms with Crippen molar-refractivity contribution in [3.8, 4) is 11.3 Å². The smallest absolute Gasteiger partial charge is 0.276 e. The molecule has 0 N–H and O–H groups in total. The number of hydrogen-bond donors (Lipinski definition) is 0. The quantitative estimate of drug-likeness (QED) is 0.511. The van der Waals surface area contributed by atoms with Crippen LogP contribution >= 0.6 is 0 Å². The van der Waals surface area contributed by atoms with Gasteiger partial charge in [0.05, 0.1) is 4.92 Å². The van der Waals surface area contributed by atoms with Gasteiger partial charge in [-0.2, -0.15) is 0 Å². The summed E-state index contributed by atoms with van der Waals surface area (Å²) in [4.78, 5) is 26.9. The summed E-state index contributed by atoms with van der Waals surface area (Å²) >= 11 is 0. The summed E-state index contributed by atoms with van der Waals surface area (Å²) in [6, 6.07) is 17.6. The van der Waals surface area contributed by atoms with Gasteiger partial charge >= 0.3 is 0 Å². The molecule has 1 fully saturated rings. The number of anilines is 1. The second-order valence-electron chi connectivity index (χ2n) is 6.50. The first-order valence-corrected chi connectivity index (χ1v) is 8.92. The van der Waals surface area contributed by atoms with Crippen LogP contribution in [-0.4, -0.2) is 47.1 Å². The number of nitrogens with zero attached hydrogens (tertiary/aromatic N) is 4. The Morgan fingerprint density at radius 2 is 1.68 bits per heavy atom. The summed E-state index contributed by atoms with van der Waals surface area (Å²) in [7, 11) is 0. The number of piperazine rings is 1. The van der Waals surface area contributed by atoms with Gasteiger partial charge < -0.3 is 14.3 Å². The Hall–Kier alpha value is -3.68. The van der Waals surface area contributed by atoms with Crippen molar-refractivity contribution in [2.24, 2.45) is 0 Å². The molecule has 28 heavy (non-hydrogen) atoms. The predicted octanol–water partition coefficient (Wildman–Crippen LogP) is 3.21. The van der Waals surface area contributed by atoms with E-state index in [-0.39, 0.29) is 11.6 Å². The van der Waals surface area contributed by atoms with Gasteiger partial charge in [-0.25, -0.2) is 0 Å². The predicted molar refractivity (Wildman–Crippen MR) is 103 cm³/mol. The summed E-state index contributed by atoms with van der Waals surface area (Å²) in [6.07, 6.45) is 0. The molecule has 8 heteroatoms. The van der Waals surface area contributed by atoms with E-state index in [0.29, 0.717) is 37.6 Å². The Morgan fingerprint density at radius 3 is 2.32 bits per heavy atom. The molecule has 2 heterocycles. The third kappa shape index (κ3) is 3.57. The highest BCUT2D eigenvalue weighted by atomic mass is 16.6. The summed E-state index contributed by atoms with van der Waals surface area (Å²) in [5, 5.41) is 14.7. The minimum absolute atomic E-state index is 0.0674. The molecule has 0 saturated carbocycles. The molecule has 1 amide bonds. The maximum absolute atomic E-state index is 12.7. The molecular weight excluding hydrogens is 360 g/mol. The zero-order chi connectivity index (χ0) is 19.5. The molecule has 0 unspecified atom stereocenters. The Balaban J connectivity index is 1.39. The summed E-state index contributed by atoms with van der Waals surface area (Å²) in [5.41, 5.74) is 2.14. The molecule has 0 aliphatic carbocycles. The summed E-state index contributed by atoms with van der Waals surface area (Å²) in [6.45, 7) is 2.38. The number of nitro groups is 1. The standard InChI is InChI=1S/C20H18N4O4/c25-20(18-14-19(28-21-18)15-4-2-1-3-5-15)23-12-10-22(11-13-23)16-6-8-17(9-7-16)24(26)27/h1-9,14H,10-13H2. The van der Waals surface area contributed by atoms with E-state index in [1.54, 1.807) is 23.1 Å². The van der Waals surface area contributed by atoms with Gasteiger partial charge in [0.1, 0.15) is 0 Å². The van der Waals surface area contributed by atoms with Crippen molar-refractivity contribution in [3.63, 3.8) is 0 Å². The van der Waals surface area contributed by atoms with E-state index in [4.69, 9.17) is 4.52 Å². The summed E-state index contributed by atoms with van der Waals surface area (Å²) < 4.78 is 5.32. The van der Waals surface area contributed by atoms with E-state index in [1.165, 1.54) is 12.1 Å². The second-order valence-corrected chi connectivity index (χ2v) is 6.50. The van der Waals surface area contributed by atoms with Gasteiger partial charge in [-0.3, -0.25) is 14.9 Å². The number of amides is 1. The highest BCUT2D eigenvalue weighted by Gasteiger charge is 2.25. The minimum Gasteiger partial charge on any atom is -0.368 e. The fourth-order valence-electron chi connectivity index (χ4n) is 3.23. The lowest BCUT2D eigenvalue weighted by Gasteiger charge is -2.35. The average Bonchev–Trinajstić information content (AvgIpc) is 3.24. The van der Waals surface area contributed by atoms with Crippen molar-refractivity contribution in [1.29, 1.82) is 0 Å². The molecule has 0 spiro atoms. The fourth-order valence-corrected chi connectivity index (χ4v) is 3.23. The van der Waals surface area contributed by atoms with Crippen LogP contribution in [0.15, 0.2) is 65.2 Å². The Kier molecular flexibility index (Phi) is 4.76. The average molecular weight is 378 g/mol. The van der Waals surface area contributed by atoms with Gasteiger partial charge in [0.2, 0.25) is 0 Å². The molecule has 0 atom stereocenters. The SMILES string of the molecule is O=C(c1cc(-c2ccccc2)on1)N1CCN(c2ccc([N+](=O)[O-])cc2)CC1. The molecule has 1 aliphatic rings. The van der Waals surface area contributed by atoms with Crippen LogP contribution in [0.3, 0.4) is 0 Å². The van der Waals surface area contributed by atoms with Crippen molar-refractivity contribution in [2.45, 2.75) is 0 Å². The van der Waals surface area contributed by atoms with Crippen LogP contribution in [0.4, 0.5) is 11.4 Å². The number of aromatic nitrogens is 1. The van der Waals surface area contributed by atoms with Crippen molar-refractivity contribution in [3.05, 3.63) is 76.5 Å². The molecule has 3 aromatic rings. The molecule has 2 aromatic carbocycles. The van der Waals surface area contributed by atoms with Gasteiger partial charge in [0.15, 0.2) is 11.5 Å². The number of carbonyl (C=O) groups excluding carboxylic acids is 1. The van der Waals surface area contributed by atoms with Crippen molar-refractivity contribution in [1.82, 2.24) is 10.1 Å². The lowest BCUT2D eigenvalue weighted by atomic mass is 10.1. The van der Waals surface area contributed by atoms with Gasteiger partial charge in [-0.15, -0.1) is 0 Å². The van der Waals surface area contributed by atoms with Crippen LogP contribution in [0.1, 0.15) is 10.5 Å². The maximum atomic E-state index is 12.7. The number of nitro benzene ring substituents is 1. The first-order valence-electron chi connectivity index (χ1n) is 8.92. The van der Waals surface area contributed by atoms with E-state index in [1.807, 2.05) is 30.3 Å². The maximum Gasteiger partial charge on any atom is 0.276 e. The zero-order valence-corrected chi connectivity index (χ0v) is 15.0. The van der Waals surface area contributed by atoms with Crippen molar-refractivity contribution >= 4 is 17.3 Å². The summed E-state index contributed by atoms with van der Waals surface area (Å²) in [5.74, 6) is 0.405. The highest BCUT2D eigenvalue weighted by Crippen LogP contribution is 2.23. The molecule has 0 radical (unpaired) electrons. The number of carbonyl (C=O) groups is 1. The number of rotatable bonds is 4. The number of benzene rings is 2. The van der Waals surface area contributed by atoms with Crippen LogP contribution in [-0.2, 0) is 0 Å². The lowest BCUT2D eigenvalue weighted by Crippen LogP contribution is -2.48. The monoisotopic (exact) mass is 378 g/mol. The highest BCUT2D eigenvalue weighted by molar-refractivity contribution is 5.93. The third-order valence-electron chi connectivity index (χ3n) is 4.78. The number of hydrogen-bond acceptors (Lipinski definition) is 6. The Morgan fingerprint density at radius 1 is 1.00 bits per heavy atom. The van der Waals surface area contributed by atoms with E-state index in [0.717, 1.165) is 11.3 Å². The molecule has 142 valence electrons. The first kappa shape index (κ1) is 17.7. The minimum atomic E-state index is -0.415. The van der Waals surface area contributed by atoms with Crippen molar-refractivity contribution in [2.75, 3.05) is 31.1 Å². The van der Waals surface area contributed by atoms with E-state index < -0.39 is 4.92 Å². The molecule has 1 saturated heterocycles. The van der Waals surface area contributed by atoms with Gasteiger partial charge in [-0.05, 0) is 12.1 Å². The number of non-ortho nitro benzene ring substituents is 1. The first-order chi connectivity index (χ1) is 13.6. The van der Waals surface area contributed by atoms with Crippen LogP contribution in [0.2, 0.25) is 0 Å². The molecule has 1 aromatic heterocycles. The molecule has 8 nitrogen and oxygen atoms in total. The van der Waals surface area contributed by atoms with Crippen LogP contribution in [0, 0.1) is 10.1 Å². The van der Waals surface area contributed by atoms with Gasteiger partial charge in [-0.1, -0.05) is 35.5 Å². The van der Waals surface area contributed by atoms with Gasteiger partial charge in [0, 0.05) is 55.6 Å². The topological polar surface area (TPSA) is 92.7 Å². The Bertz CT molecular complexity index is 977. The zero-order valence-electron chi connectivity index (χ0n) is 15.0.